The minimum absolute atomic E-state index is 0.0921. The average molecular weight is 294 g/mol. The molecular formula is C12H14N4O3S. The normalized spacial score (nSPS) is 10.2. The molecule has 2 aromatic heterocycles. The number of nitrogens with zero attached hydrogens (tertiary/aromatic N) is 1. The van der Waals surface area contributed by atoms with Crippen LogP contribution in [0.3, 0.4) is 0 Å². The van der Waals surface area contributed by atoms with E-state index in [1.807, 2.05) is 11.4 Å². The lowest BCUT2D eigenvalue weighted by Crippen LogP contribution is -2.39. The van der Waals surface area contributed by atoms with Crippen LogP contribution in [0.4, 0.5) is 0 Å². The smallest absolute Gasteiger partial charge is 0.239 e. The van der Waals surface area contributed by atoms with Crippen molar-refractivity contribution in [1.29, 1.82) is 0 Å². The Labute approximate surface area is 119 Å². The molecule has 106 valence electrons. The third kappa shape index (κ3) is 3.90. The Bertz CT molecular complexity index is 579. The second-order valence-electron chi connectivity index (χ2n) is 3.88. The molecule has 0 fully saturated rings. The van der Waals surface area contributed by atoms with Crippen LogP contribution in [0.2, 0.25) is 0 Å². The Morgan fingerprint density at radius 3 is 2.90 bits per heavy atom. The van der Waals surface area contributed by atoms with Gasteiger partial charge in [0.2, 0.25) is 11.8 Å². The summed E-state index contributed by atoms with van der Waals surface area (Å²) in [5.41, 5.74) is 5.85. The van der Waals surface area contributed by atoms with Gasteiger partial charge in [-0.05, 0) is 12.1 Å². The maximum absolute atomic E-state index is 11.5. The predicted octanol–water partition coefficient (Wildman–Crippen LogP) is 0.0942. The fourth-order valence-corrected chi connectivity index (χ4v) is 2.19. The molecule has 7 nitrogen and oxygen atoms in total. The van der Waals surface area contributed by atoms with Crippen molar-refractivity contribution in [3.05, 3.63) is 29.5 Å². The molecule has 0 bridgehead atoms. The van der Waals surface area contributed by atoms with E-state index in [4.69, 9.17) is 10.2 Å². The summed E-state index contributed by atoms with van der Waals surface area (Å²) in [6.07, 6.45) is 1.58. The summed E-state index contributed by atoms with van der Waals surface area (Å²) in [5.74, 6) is 0.0380. The molecule has 0 unspecified atom stereocenters. The average Bonchev–Trinajstić information content (AvgIpc) is 3.12. The van der Waals surface area contributed by atoms with Gasteiger partial charge in [-0.15, -0.1) is 11.3 Å². The topological polar surface area (TPSA) is 110 Å². The van der Waals surface area contributed by atoms with E-state index in [1.165, 1.54) is 11.3 Å². The van der Waals surface area contributed by atoms with Gasteiger partial charge in [0.05, 0.1) is 31.6 Å². The monoisotopic (exact) mass is 294 g/mol. The molecule has 0 atom stereocenters. The van der Waals surface area contributed by atoms with Crippen LogP contribution in [0.25, 0.3) is 10.8 Å². The first-order valence-corrected chi connectivity index (χ1v) is 6.78. The number of amides is 2. The van der Waals surface area contributed by atoms with Crippen LogP contribution < -0.4 is 16.4 Å². The molecule has 2 rings (SSSR count). The maximum atomic E-state index is 11.5. The molecule has 20 heavy (non-hydrogen) atoms. The van der Waals surface area contributed by atoms with Crippen molar-refractivity contribution in [2.45, 2.75) is 6.54 Å². The highest BCUT2D eigenvalue weighted by Crippen LogP contribution is 2.23. The number of furan rings is 1. The minimum Gasteiger partial charge on any atom is -0.462 e. The van der Waals surface area contributed by atoms with E-state index in [2.05, 4.69) is 15.6 Å². The van der Waals surface area contributed by atoms with E-state index < -0.39 is 0 Å². The first kappa shape index (κ1) is 14.2. The number of aromatic nitrogens is 1. The molecular weight excluding hydrogens is 280 g/mol. The van der Waals surface area contributed by atoms with Crippen LogP contribution >= 0.6 is 11.3 Å². The summed E-state index contributed by atoms with van der Waals surface area (Å²) in [5, 5.41) is 7.65. The molecule has 0 spiro atoms. The Kier molecular flexibility index (Phi) is 4.85. The molecule has 0 saturated carbocycles. The highest BCUT2D eigenvalue weighted by molar-refractivity contribution is 7.13. The number of nitrogens with one attached hydrogen (secondary N) is 2. The van der Waals surface area contributed by atoms with Gasteiger partial charge >= 0.3 is 0 Å². The Hall–Kier alpha value is -2.19. The van der Waals surface area contributed by atoms with Gasteiger partial charge in [-0.25, -0.2) is 4.98 Å². The second kappa shape index (κ2) is 6.83. The molecule has 0 aliphatic rings. The molecule has 2 aromatic rings. The lowest BCUT2D eigenvalue weighted by Gasteiger charge is -2.04. The van der Waals surface area contributed by atoms with Crippen LogP contribution in [0.1, 0.15) is 5.69 Å². The van der Waals surface area contributed by atoms with E-state index in [9.17, 15) is 9.59 Å². The summed E-state index contributed by atoms with van der Waals surface area (Å²) >= 11 is 1.44. The van der Waals surface area contributed by atoms with Crippen LogP contribution in [-0.4, -0.2) is 29.9 Å². The van der Waals surface area contributed by atoms with Gasteiger partial charge in [-0.3, -0.25) is 9.59 Å². The summed E-state index contributed by atoms with van der Waals surface area (Å²) in [4.78, 5) is 26.7. The van der Waals surface area contributed by atoms with Crippen molar-refractivity contribution < 1.29 is 14.0 Å². The van der Waals surface area contributed by atoms with Crippen LogP contribution in [0.5, 0.6) is 0 Å². The summed E-state index contributed by atoms with van der Waals surface area (Å²) in [6.45, 7) is 0.0750. The summed E-state index contributed by atoms with van der Waals surface area (Å²) in [7, 11) is 0. The van der Waals surface area contributed by atoms with Crippen molar-refractivity contribution >= 4 is 23.2 Å². The Morgan fingerprint density at radius 1 is 1.35 bits per heavy atom. The lowest BCUT2D eigenvalue weighted by atomic mass is 10.4. The molecule has 0 saturated heterocycles. The number of carbonyl (C=O) groups excluding carboxylic acids is 2. The van der Waals surface area contributed by atoms with Gasteiger partial charge in [0.25, 0.3) is 0 Å². The molecule has 4 N–H and O–H groups in total. The van der Waals surface area contributed by atoms with Crippen molar-refractivity contribution in [3.63, 3.8) is 0 Å². The number of nitrogens with two attached hydrogens (primary N) is 1. The predicted molar refractivity (Wildman–Crippen MR) is 73.7 cm³/mol. The molecule has 0 radical (unpaired) electrons. The number of hydrogen-bond donors (Lipinski definition) is 3. The molecule has 0 aromatic carbocycles. The first-order chi connectivity index (χ1) is 9.69. The highest BCUT2D eigenvalue weighted by atomic mass is 32.1. The van der Waals surface area contributed by atoms with Crippen LogP contribution in [0, 0.1) is 0 Å². The number of rotatable bonds is 6. The molecule has 8 heteroatoms. The fourth-order valence-electron chi connectivity index (χ4n) is 1.40. The zero-order valence-corrected chi connectivity index (χ0v) is 11.4. The highest BCUT2D eigenvalue weighted by Gasteiger charge is 2.08. The van der Waals surface area contributed by atoms with Gasteiger partial charge in [0.1, 0.15) is 0 Å². The zero-order chi connectivity index (χ0) is 14.4. The fraction of sp³-hybridized carbons (Fsp3) is 0.250. The standard InChI is InChI=1S/C12H14N4O3S/c13-4-10(17)15-6-11(18)14-5-8-7-20-12(16-8)9-2-1-3-19-9/h1-3,7H,4-6,13H2,(H,14,18)(H,15,17). The maximum Gasteiger partial charge on any atom is 0.239 e. The molecule has 0 aliphatic carbocycles. The van der Waals surface area contributed by atoms with E-state index in [1.54, 1.807) is 12.3 Å². The van der Waals surface area contributed by atoms with E-state index in [0.717, 1.165) is 10.7 Å². The van der Waals surface area contributed by atoms with Gasteiger partial charge < -0.3 is 20.8 Å². The summed E-state index contributed by atoms with van der Waals surface area (Å²) < 4.78 is 5.24. The van der Waals surface area contributed by atoms with Gasteiger partial charge in [-0.2, -0.15) is 0 Å². The van der Waals surface area contributed by atoms with Gasteiger partial charge in [0, 0.05) is 5.38 Å². The lowest BCUT2D eigenvalue weighted by molar-refractivity contribution is -0.125. The molecule has 0 aliphatic heterocycles. The number of carbonyl (C=O) groups is 2. The van der Waals surface area contributed by atoms with Crippen molar-refractivity contribution in [3.8, 4) is 10.8 Å². The number of thiazole rings is 1. The van der Waals surface area contributed by atoms with Gasteiger partial charge in [-0.1, -0.05) is 0 Å². The van der Waals surface area contributed by atoms with E-state index >= 15 is 0 Å². The van der Waals surface area contributed by atoms with Crippen LogP contribution in [0.15, 0.2) is 28.2 Å². The third-order valence-electron chi connectivity index (χ3n) is 2.38. The summed E-state index contributed by atoms with van der Waals surface area (Å²) in [6, 6.07) is 3.61. The zero-order valence-electron chi connectivity index (χ0n) is 10.6. The Balaban J connectivity index is 1.80. The van der Waals surface area contributed by atoms with Crippen molar-refractivity contribution in [2.75, 3.05) is 13.1 Å². The largest absolute Gasteiger partial charge is 0.462 e. The SMILES string of the molecule is NCC(=O)NCC(=O)NCc1csc(-c2ccco2)n1. The Morgan fingerprint density at radius 2 is 2.20 bits per heavy atom. The third-order valence-corrected chi connectivity index (χ3v) is 3.29. The van der Waals surface area contributed by atoms with Crippen molar-refractivity contribution in [2.24, 2.45) is 5.73 Å². The van der Waals surface area contributed by atoms with Gasteiger partial charge in [0.15, 0.2) is 10.8 Å². The minimum atomic E-state index is -0.367. The van der Waals surface area contributed by atoms with E-state index in [-0.39, 0.29) is 24.9 Å². The molecule has 2 amide bonds. The first-order valence-electron chi connectivity index (χ1n) is 5.91. The van der Waals surface area contributed by atoms with E-state index in [0.29, 0.717) is 12.3 Å². The quantitative estimate of drug-likeness (QED) is 0.699. The second-order valence-corrected chi connectivity index (χ2v) is 4.74. The molecule has 2 heterocycles. The number of hydrogen-bond acceptors (Lipinski definition) is 6. The van der Waals surface area contributed by atoms with Crippen molar-refractivity contribution in [1.82, 2.24) is 15.6 Å². The van der Waals surface area contributed by atoms with Crippen LogP contribution in [-0.2, 0) is 16.1 Å².